The van der Waals surface area contributed by atoms with Crippen molar-refractivity contribution in [1.82, 2.24) is 19.5 Å². The van der Waals surface area contributed by atoms with E-state index in [9.17, 15) is 14.4 Å². The molecule has 9 heteroatoms. The lowest BCUT2D eigenvalue weighted by atomic mass is 9.77. The molecule has 0 unspecified atom stereocenters. The van der Waals surface area contributed by atoms with Gasteiger partial charge < -0.3 is 9.64 Å². The minimum absolute atomic E-state index is 0.0563. The molecule has 0 saturated carbocycles. The number of ether oxygens (including phenoxy) is 1. The third kappa shape index (κ3) is 3.83. The fourth-order valence-corrected chi connectivity index (χ4v) is 5.68. The number of aryl methyl sites for hydroxylation is 1. The van der Waals surface area contributed by atoms with Gasteiger partial charge in [0.15, 0.2) is 0 Å². The number of methoxy groups -OCH3 is 1. The lowest BCUT2D eigenvalue weighted by Crippen LogP contribution is -2.58. The van der Waals surface area contributed by atoms with E-state index in [4.69, 9.17) is 14.6 Å². The Hall–Kier alpha value is -3.72. The van der Waals surface area contributed by atoms with Crippen molar-refractivity contribution in [2.45, 2.75) is 38.6 Å². The highest BCUT2D eigenvalue weighted by molar-refractivity contribution is 5.98. The van der Waals surface area contributed by atoms with Crippen molar-refractivity contribution >= 4 is 28.8 Å². The van der Waals surface area contributed by atoms with Gasteiger partial charge in [0.1, 0.15) is 5.82 Å². The van der Waals surface area contributed by atoms with Gasteiger partial charge in [0.05, 0.1) is 36.2 Å². The average Bonchev–Trinajstić information content (AvgIpc) is 3.37. The van der Waals surface area contributed by atoms with Crippen molar-refractivity contribution in [3.05, 3.63) is 59.9 Å². The molecule has 0 aliphatic carbocycles. The summed E-state index contributed by atoms with van der Waals surface area (Å²) in [5.41, 5.74) is 2.47. The summed E-state index contributed by atoms with van der Waals surface area (Å²) in [6, 6.07) is 15.6. The van der Waals surface area contributed by atoms with Crippen LogP contribution in [0.1, 0.15) is 42.4 Å². The first-order valence-electron chi connectivity index (χ1n) is 12.3. The SMILES string of the molecule is CCON1C(=O)C[C@@H](C(=O)OC)C12CCN(C(=O)c1ccc3c(c1)nc(C)n3-c1ccccc1)CC2. The van der Waals surface area contributed by atoms with Crippen LogP contribution in [0, 0.1) is 12.8 Å². The number of carbonyl (C=O) groups is 3. The van der Waals surface area contributed by atoms with Crippen molar-refractivity contribution < 1.29 is 24.0 Å². The molecule has 36 heavy (non-hydrogen) atoms. The van der Waals surface area contributed by atoms with E-state index >= 15 is 0 Å². The molecule has 0 N–H and O–H groups in total. The molecule has 1 aromatic heterocycles. The zero-order valence-electron chi connectivity index (χ0n) is 20.8. The Bertz CT molecular complexity index is 1310. The van der Waals surface area contributed by atoms with Gasteiger partial charge in [0, 0.05) is 30.8 Å². The number of amides is 2. The molecule has 2 aromatic carbocycles. The third-order valence-corrected chi connectivity index (χ3v) is 7.40. The number of benzene rings is 2. The van der Waals surface area contributed by atoms with Gasteiger partial charge in [-0.3, -0.25) is 23.8 Å². The lowest BCUT2D eigenvalue weighted by molar-refractivity contribution is -0.220. The third-order valence-electron chi connectivity index (χ3n) is 7.40. The van der Waals surface area contributed by atoms with E-state index in [0.717, 1.165) is 22.5 Å². The van der Waals surface area contributed by atoms with Gasteiger partial charge in [-0.25, -0.2) is 10.0 Å². The number of imidazole rings is 1. The van der Waals surface area contributed by atoms with Gasteiger partial charge in [-0.05, 0) is 57.0 Å². The van der Waals surface area contributed by atoms with Crippen LogP contribution in [0.5, 0.6) is 0 Å². The lowest BCUT2D eigenvalue weighted by Gasteiger charge is -2.45. The van der Waals surface area contributed by atoms with Gasteiger partial charge in [0.25, 0.3) is 5.91 Å². The smallest absolute Gasteiger partial charge is 0.311 e. The number of rotatable bonds is 5. The van der Waals surface area contributed by atoms with Crippen LogP contribution in [0.3, 0.4) is 0 Å². The number of fused-ring (bicyclic) bond motifs is 1. The summed E-state index contributed by atoms with van der Waals surface area (Å²) in [7, 11) is 1.33. The molecule has 1 atom stereocenters. The first-order chi connectivity index (χ1) is 17.4. The Labute approximate surface area is 209 Å². The van der Waals surface area contributed by atoms with E-state index in [2.05, 4.69) is 4.57 Å². The molecule has 0 bridgehead atoms. The standard InChI is InChI=1S/C27H30N4O5/c1-4-36-31-24(32)17-21(26(34)35-3)27(31)12-14-29(15-13-27)25(33)19-10-11-23-22(16-19)28-18(2)30(23)20-8-6-5-7-9-20/h5-11,16,21H,4,12-15,17H2,1-3H3/t21-/m0/s1. The fourth-order valence-electron chi connectivity index (χ4n) is 5.68. The maximum absolute atomic E-state index is 13.4. The highest BCUT2D eigenvalue weighted by Gasteiger charge is 2.58. The predicted molar refractivity (Wildman–Crippen MR) is 132 cm³/mol. The molecule has 2 saturated heterocycles. The van der Waals surface area contributed by atoms with Crippen molar-refractivity contribution in [3.63, 3.8) is 0 Å². The van der Waals surface area contributed by atoms with E-state index in [1.54, 1.807) is 4.90 Å². The van der Waals surface area contributed by atoms with Crippen LogP contribution in [0.25, 0.3) is 16.7 Å². The van der Waals surface area contributed by atoms with Crippen LogP contribution in [0.4, 0.5) is 0 Å². The van der Waals surface area contributed by atoms with E-state index < -0.39 is 17.4 Å². The van der Waals surface area contributed by atoms with Gasteiger partial charge in [-0.2, -0.15) is 0 Å². The Balaban J connectivity index is 1.38. The maximum atomic E-state index is 13.4. The number of piperidine rings is 1. The van der Waals surface area contributed by atoms with Gasteiger partial charge in [0.2, 0.25) is 5.91 Å². The number of aromatic nitrogens is 2. The first-order valence-corrected chi connectivity index (χ1v) is 12.3. The Morgan fingerprint density at radius 3 is 2.50 bits per heavy atom. The Kier molecular flexibility index (Phi) is 6.26. The summed E-state index contributed by atoms with van der Waals surface area (Å²) in [6.07, 6.45) is 0.934. The summed E-state index contributed by atoms with van der Waals surface area (Å²) >= 11 is 0. The zero-order chi connectivity index (χ0) is 25.4. The van der Waals surface area contributed by atoms with E-state index in [1.807, 2.05) is 62.4 Å². The fraction of sp³-hybridized carbons (Fsp3) is 0.407. The van der Waals surface area contributed by atoms with Crippen LogP contribution >= 0.6 is 0 Å². The Morgan fingerprint density at radius 1 is 1.11 bits per heavy atom. The first kappa shape index (κ1) is 24.0. The highest BCUT2D eigenvalue weighted by atomic mass is 16.7. The van der Waals surface area contributed by atoms with Crippen molar-refractivity contribution in [2.24, 2.45) is 5.92 Å². The minimum Gasteiger partial charge on any atom is -0.469 e. The Morgan fingerprint density at radius 2 is 1.83 bits per heavy atom. The van der Waals surface area contributed by atoms with Crippen LogP contribution in [0.2, 0.25) is 0 Å². The van der Waals surface area contributed by atoms with Gasteiger partial charge in [-0.15, -0.1) is 0 Å². The summed E-state index contributed by atoms with van der Waals surface area (Å²) < 4.78 is 7.07. The largest absolute Gasteiger partial charge is 0.469 e. The van der Waals surface area contributed by atoms with Crippen LogP contribution in [0.15, 0.2) is 48.5 Å². The molecule has 1 spiro atoms. The summed E-state index contributed by atoms with van der Waals surface area (Å²) in [6.45, 7) is 4.88. The number of likely N-dealkylation sites (tertiary alicyclic amines) is 1. The molecule has 5 rings (SSSR count). The monoisotopic (exact) mass is 490 g/mol. The summed E-state index contributed by atoms with van der Waals surface area (Å²) in [5, 5.41) is 1.38. The van der Waals surface area contributed by atoms with E-state index in [-0.39, 0.29) is 18.2 Å². The zero-order valence-corrected chi connectivity index (χ0v) is 20.8. The van der Waals surface area contributed by atoms with E-state index in [0.29, 0.717) is 38.1 Å². The van der Waals surface area contributed by atoms with Crippen LogP contribution in [-0.2, 0) is 19.2 Å². The molecule has 2 amide bonds. The average molecular weight is 491 g/mol. The molecular weight excluding hydrogens is 460 g/mol. The quantitative estimate of drug-likeness (QED) is 0.510. The summed E-state index contributed by atoms with van der Waals surface area (Å²) in [4.78, 5) is 50.8. The molecule has 9 nitrogen and oxygen atoms in total. The second-order valence-corrected chi connectivity index (χ2v) is 9.32. The van der Waals surface area contributed by atoms with E-state index in [1.165, 1.54) is 12.2 Å². The second-order valence-electron chi connectivity index (χ2n) is 9.32. The number of para-hydroxylation sites is 1. The van der Waals surface area contributed by atoms with Crippen LogP contribution in [-0.4, -0.2) is 69.6 Å². The number of hydrogen-bond donors (Lipinski definition) is 0. The number of hydroxylamine groups is 2. The number of carbonyl (C=O) groups excluding carboxylic acids is 3. The highest BCUT2D eigenvalue weighted by Crippen LogP contribution is 2.44. The molecule has 2 aliphatic rings. The molecule has 0 radical (unpaired) electrons. The number of nitrogens with zero attached hydrogens (tertiary/aromatic N) is 4. The molecule has 3 heterocycles. The van der Waals surface area contributed by atoms with Crippen LogP contribution < -0.4 is 0 Å². The topological polar surface area (TPSA) is 94.0 Å². The molecule has 2 aliphatic heterocycles. The van der Waals surface area contributed by atoms with Crippen molar-refractivity contribution in [2.75, 3.05) is 26.8 Å². The summed E-state index contributed by atoms with van der Waals surface area (Å²) in [5.74, 6) is -0.501. The molecule has 3 aromatic rings. The maximum Gasteiger partial charge on any atom is 0.311 e. The van der Waals surface area contributed by atoms with Gasteiger partial charge in [-0.1, -0.05) is 18.2 Å². The second kappa shape index (κ2) is 9.39. The minimum atomic E-state index is -0.799. The normalized spacial score (nSPS) is 19.3. The predicted octanol–water partition coefficient (Wildman–Crippen LogP) is 3.28. The molecule has 2 fully saturated rings. The molecular formula is C27H30N4O5. The van der Waals surface area contributed by atoms with Crippen molar-refractivity contribution in [3.8, 4) is 5.69 Å². The molecule has 188 valence electrons. The van der Waals surface area contributed by atoms with Crippen molar-refractivity contribution in [1.29, 1.82) is 0 Å². The van der Waals surface area contributed by atoms with Gasteiger partial charge >= 0.3 is 5.97 Å². The number of hydrogen-bond acceptors (Lipinski definition) is 6. The number of esters is 1.